The van der Waals surface area contributed by atoms with Crippen LogP contribution in [0.2, 0.25) is 0 Å². The van der Waals surface area contributed by atoms with Gasteiger partial charge in [0.1, 0.15) is 30.2 Å². The van der Waals surface area contributed by atoms with Gasteiger partial charge in [-0.15, -0.1) is 0 Å². The van der Waals surface area contributed by atoms with Crippen molar-refractivity contribution in [1.29, 1.82) is 0 Å². The fraction of sp³-hybridized carbons (Fsp3) is 0.206. The van der Waals surface area contributed by atoms with Crippen molar-refractivity contribution in [2.75, 3.05) is 0 Å². The average molecular weight is 1090 g/mol. The Kier molecular flexibility index (Phi) is 13.1. The van der Waals surface area contributed by atoms with Gasteiger partial charge in [0.05, 0.1) is 22.3 Å². The van der Waals surface area contributed by atoms with E-state index in [9.17, 15) is 40.7 Å². The highest BCUT2D eigenvalue weighted by Crippen LogP contribution is 2.51. The van der Waals surface area contributed by atoms with Crippen molar-refractivity contribution in [3.8, 4) is 5.75 Å². The van der Waals surface area contributed by atoms with E-state index in [4.69, 9.17) is 14.2 Å². The molecule has 0 atom stereocenters. The number of carbonyl (C=O) groups excluding carboxylic acids is 3. The van der Waals surface area contributed by atoms with E-state index in [0.29, 0.717) is 74.5 Å². The number of esters is 3. The van der Waals surface area contributed by atoms with Gasteiger partial charge in [0.2, 0.25) is 0 Å². The molecule has 0 aliphatic carbocycles. The molecule has 1 aromatic heterocycles. The van der Waals surface area contributed by atoms with Crippen LogP contribution in [0.15, 0.2) is 144 Å². The molecule has 0 saturated heterocycles. The number of hydrogen-bond acceptors (Lipinski definition) is 6. The number of nitrogens with zero attached hydrogens (tertiary/aromatic N) is 2. The van der Waals surface area contributed by atoms with Gasteiger partial charge in [-0.1, -0.05) is 103 Å². The van der Waals surface area contributed by atoms with Crippen LogP contribution in [0.4, 0.5) is 35.0 Å². The summed E-state index contributed by atoms with van der Waals surface area (Å²) in [7, 11) is 0. The molecule has 3 heterocycles. The normalized spacial score (nSPS) is 14.5. The van der Waals surface area contributed by atoms with E-state index in [-0.39, 0.29) is 86.6 Å². The number of allylic oxidation sites excluding steroid dienone is 1. The third kappa shape index (κ3) is 8.77. The third-order valence-electron chi connectivity index (χ3n) is 15.6. The Bertz CT molecular complexity index is 4100. The number of alkyl halides is 6. The lowest BCUT2D eigenvalue weighted by atomic mass is 9.81. The van der Waals surface area contributed by atoms with E-state index in [0.717, 1.165) is 19.9 Å². The average Bonchev–Trinajstić information content (AvgIpc) is 1.78. The second-order valence-corrected chi connectivity index (χ2v) is 20.5. The Hall–Kier alpha value is -8.60. The van der Waals surface area contributed by atoms with Crippen LogP contribution in [0.5, 0.6) is 5.75 Å². The standard InChI is InChI=1S/C63H49BF8N2O6/c1-33-29-42(80-50(75)22-13-19-41-23-24-45-47-26-28-49(63(68,69)70)56-48(62(65,66)67)27-25-46(55(47)56)44-21-14-20-43(41)54(44)45)30-34(2)51(33)57-58-35(3)52(60(76)78-31-39-15-9-7-10-16-39)37(5)73(58)64(71,72)74-38(6)53(36(4)59(57)74)61(77)79-32-40-17-11-8-12-18-40/h7-12,14-18,20-21,23-30H,13,19,22,31-32H2,1-6H3. The predicted molar refractivity (Wildman–Crippen MR) is 291 cm³/mol. The molecule has 406 valence electrons. The molecule has 11 rings (SSSR count). The lowest BCUT2D eigenvalue weighted by molar-refractivity contribution is -0.363. The fourth-order valence-corrected chi connectivity index (χ4v) is 12.3. The number of ether oxygens (including phenoxy) is 3. The summed E-state index contributed by atoms with van der Waals surface area (Å²) in [5.74, 6) is -1.98. The van der Waals surface area contributed by atoms with Crippen LogP contribution in [-0.4, -0.2) is 39.6 Å². The van der Waals surface area contributed by atoms with E-state index in [1.54, 1.807) is 113 Å². The number of carbonyl (C=O) groups is 3. The Balaban J connectivity index is 0.916. The molecule has 0 spiro atoms. The second-order valence-electron chi connectivity index (χ2n) is 20.5. The molecular formula is C63H49BF8N2O6. The zero-order valence-electron chi connectivity index (χ0n) is 44.1. The molecule has 80 heavy (non-hydrogen) atoms. The van der Waals surface area contributed by atoms with Gasteiger partial charge in [-0.25, -0.2) is 9.59 Å². The summed E-state index contributed by atoms with van der Waals surface area (Å²) in [6.07, 6.45) is -9.49. The monoisotopic (exact) mass is 1090 g/mol. The van der Waals surface area contributed by atoms with Crippen molar-refractivity contribution in [3.05, 3.63) is 211 Å². The molecule has 0 unspecified atom stereocenters. The maximum atomic E-state index is 17.7. The van der Waals surface area contributed by atoms with Crippen molar-refractivity contribution in [1.82, 2.24) is 4.48 Å². The van der Waals surface area contributed by atoms with Crippen molar-refractivity contribution in [2.45, 2.75) is 86.4 Å². The summed E-state index contributed by atoms with van der Waals surface area (Å²) in [5.41, 5.74) is 1.80. The van der Waals surface area contributed by atoms with Crippen molar-refractivity contribution in [3.63, 3.8) is 0 Å². The maximum absolute atomic E-state index is 17.7. The molecule has 0 radical (unpaired) electrons. The predicted octanol–water partition coefficient (Wildman–Crippen LogP) is 15.6. The largest absolute Gasteiger partial charge is 0.737 e. The van der Waals surface area contributed by atoms with Gasteiger partial charge < -0.3 is 31.8 Å². The van der Waals surface area contributed by atoms with Crippen LogP contribution in [0, 0.1) is 27.7 Å². The topological polar surface area (TPSA) is 86.8 Å². The van der Waals surface area contributed by atoms with Crippen LogP contribution in [0.25, 0.3) is 48.7 Å². The van der Waals surface area contributed by atoms with E-state index in [1.807, 2.05) is 18.2 Å². The number of aryl methyl sites for hydroxylation is 3. The highest BCUT2D eigenvalue weighted by Gasteiger charge is 2.58. The first-order valence-electron chi connectivity index (χ1n) is 25.9. The Morgan fingerprint density at radius 2 is 1.12 bits per heavy atom. The quantitative estimate of drug-likeness (QED) is 0.0303. The molecular weight excluding hydrogens is 1040 g/mol. The summed E-state index contributed by atoms with van der Waals surface area (Å²) < 4.78 is 141. The number of rotatable bonds is 12. The highest BCUT2D eigenvalue weighted by atomic mass is 19.4. The Morgan fingerprint density at radius 1 is 0.600 bits per heavy atom. The van der Waals surface area contributed by atoms with Gasteiger partial charge in [0.25, 0.3) is 0 Å². The number of hydrogen-bond donors (Lipinski definition) is 0. The SMILES string of the molecule is CC1=C(C(=O)OCc2ccccc2)C(C)=[N+]2C1=C(c1c(C)cc(OC(=O)CCCc3ccc4c5ccc(C(F)(F)F)c6c(C(F)(F)F)ccc(c7cccc3c74)c65)cc1C)c1c(C)c(C(=O)OCc3ccccc3)c(C)n1[B-]2(F)F. The van der Waals surface area contributed by atoms with Crippen molar-refractivity contribution in [2.24, 2.45) is 0 Å². The highest BCUT2D eigenvalue weighted by molar-refractivity contribution is 6.59. The minimum absolute atomic E-state index is 0.0270. The maximum Gasteiger partial charge on any atom is 0.737 e. The van der Waals surface area contributed by atoms with Gasteiger partial charge in [0, 0.05) is 30.0 Å². The molecule has 0 N–H and O–H groups in total. The summed E-state index contributed by atoms with van der Waals surface area (Å²) in [6.45, 7) is 4.61. The number of aromatic nitrogens is 1. The number of halogens is 8. The molecule has 9 aromatic rings. The van der Waals surface area contributed by atoms with Crippen LogP contribution in [0.1, 0.15) is 98.5 Å². The van der Waals surface area contributed by atoms with Crippen LogP contribution in [-0.2, 0) is 51.0 Å². The summed E-state index contributed by atoms with van der Waals surface area (Å²) in [6, 6.07) is 33.7. The number of fused-ring (bicyclic) bond motifs is 4. The van der Waals surface area contributed by atoms with Crippen LogP contribution >= 0.6 is 0 Å². The molecule has 2 aliphatic rings. The molecule has 8 nitrogen and oxygen atoms in total. The van der Waals surface area contributed by atoms with Crippen LogP contribution < -0.4 is 4.74 Å². The smallest absolute Gasteiger partial charge is 0.457 e. The van der Waals surface area contributed by atoms with Crippen molar-refractivity contribution < 1.29 is 68.1 Å². The minimum Gasteiger partial charge on any atom is -0.457 e. The van der Waals surface area contributed by atoms with Gasteiger partial charge in [-0.2, -0.15) is 26.3 Å². The molecule has 0 bridgehead atoms. The first kappa shape index (κ1) is 53.4. The lowest BCUT2D eigenvalue weighted by Crippen LogP contribution is -2.52. The molecule has 0 amide bonds. The van der Waals surface area contributed by atoms with E-state index in [1.165, 1.54) is 26.0 Å². The van der Waals surface area contributed by atoms with E-state index in [2.05, 4.69) is 0 Å². The minimum atomic E-state index is -5.05. The zero-order chi connectivity index (χ0) is 56.9. The van der Waals surface area contributed by atoms with Crippen LogP contribution in [0.3, 0.4) is 0 Å². The Labute approximate surface area is 453 Å². The van der Waals surface area contributed by atoms with Gasteiger partial charge in [0.15, 0.2) is 5.70 Å². The van der Waals surface area contributed by atoms with Gasteiger partial charge >= 0.3 is 37.2 Å². The fourth-order valence-electron chi connectivity index (χ4n) is 12.3. The van der Waals surface area contributed by atoms with Gasteiger partial charge in [-0.05, 0) is 154 Å². The van der Waals surface area contributed by atoms with E-state index >= 15 is 8.63 Å². The molecule has 0 saturated carbocycles. The van der Waals surface area contributed by atoms with E-state index < -0.39 is 53.7 Å². The second kappa shape index (κ2) is 19.6. The molecule has 2 aliphatic heterocycles. The Morgan fingerprint density at radius 3 is 1.70 bits per heavy atom. The first-order chi connectivity index (χ1) is 38.0. The summed E-state index contributed by atoms with van der Waals surface area (Å²) in [4.78, 5) is 41.8. The third-order valence-corrected chi connectivity index (χ3v) is 15.6. The zero-order valence-corrected chi connectivity index (χ0v) is 44.1. The van der Waals surface area contributed by atoms with Gasteiger partial charge in [-0.3, -0.25) is 4.79 Å². The number of benzene rings is 8. The molecule has 0 fully saturated rings. The summed E-state index contributed by atoms with van der Waals surface area (Å²) >= 11 is 0. The lowest BCUT2D eigenvalue weighted by Gasteiger charge is -2.34. The first-order valence-corrected chi connectivity index (χ1v) is 25.9. The van der Waals surface area contributed by atoms with Crippen molar-refractivity contribution >= 4 is 79.3 Å². The molecule has 17 heteroatoms. The molecule has 8 aromatic carbocycles. The summed E-state index contributed by atoms with van der Waals surface area (Å²) in [5, 5.41) is 1.84.